The zero-order valence-electron chi connectivity index (χ0n) is 8.64. The van der Waals surface area contributed by atoms with E-state index in [1.54, 1.807) is 31.3 Å². The van der Waals surface area contributed by atoms with Crippen molar-refractivity contribution in [3.05, 3.63) is 29.8 Å². The predicted octanol–water partition coefficient (Wildman–Crippen LogP) is -0.414. The molecule has 15 heavy (non-hydrogen) atoms. The molecule has 0 radical (unpaired) electrons. The molecule has 0 heterocycles. The van der Waals surface area contributed by atoms with Crippen molar-refractivity contribution >= 4 is 5.69 Å². The van der Waals surface area contributed by atoms with Crippen molar-refractivity contribution in [2.75, 3.05) is 19.0 Å². The normalized spacial score (nSPS) is 14.7. The zero-order chi connectivity index (χ0) is 11.3. The van der Waals surface area contributed by atoms with Crippen molar-refractivity contribution < 1.29 is 10.2 Å². The maximum Gasteiger partial charge on any atom is 0.106 e. The van der Waals surface area contributed by atoms with Crippen molar-refractivity contribution in [2.45, 2.75) is 12.2 Å². The van der Waals surface area contributed by atoms with Crippen LogP contribution in [0.2, 0.25) is 0 Å². The van der Waals surface area contributed by atoms with Gasteiger partial charge in [0.25, 0.3) is 0 Å². The van der Waals surface area contributed by atoms with Crippen LogP contribution < -0.4 is 16.6 Å². The quantitative estimate of drug-likeness (QED) is 0.337. The molecule has 1 rings (SSSR count). The second kappa shape index (κ2) is 5.67. The van der Waals surface area contributed by atoms with E-state index in [4.69, 9.17) is 5.84 Å². The molecule has 2 unspecified atom stereocenters. The van der Waals surface area contributed by atoms with Crippen LogP contribution in [-0.4, -0.2) is 29.9 Å². The summed E-state index contributed by atoms with van der Waals surface area (Å²) in [5.74, 6) is 5.25. The summed E-state index contributed by atoms with van der Waals surface area (Å²) >= 11 is 0. The number of aliphatic hydroxyl groups is 2. The van der Waals surface area contributed by atoms with Gasteiger partial charge in [-0.15, -0.1) is 0 Å². The fourth-order valence-corrected chi connectivity index (χ4v) is 1.36. The Morgan fingerprint density at radius 3 is 2.73 bits per heavy atom. The van der Waals surface area contributed by atoms with E-state index in [0.717, 1.165) is 0 Å². The number of aliphatic hydroxyl groups excluding tert-OH is 2. The minimum absolute atomic E-state index is 0.335. The zero-order valence-corrected chi connectivity index (χ0v) is 8.64. The highest BCUT2D eigenvalue weighted by Gasteiger charge is 2.17. The van der Waals surface area contributed by atoms with Crippen LogP contribution in [0.4, 0.5) is 5.69 Å². The van der Waals surface area contributed by atoms with E-state index in [1.807, 2.05) is 0 Å². The van der Waals surface area contributed by atoms with E-state index in [9.17, 15) is 10.2 Å². The molecule has 6 N–H and O–H groups in total. The summed E-state index contributed by atoms with van der Waals surface area (Å²) in [6.07, 6.45) is -1.74. The van der Waals surface area contributed by atoms with Gasteiger partial charge in [0.15, 0.2) is 0 Å². The second-order valence-electron chi connectivity index (χ2n) is 3.34. The number of likely N-dealkylation sites (N-methyl/N-ethyl adjacent to an activating group) is 1. The smallest absolute Gasteiger partial charge is 0.106 e. The van der Waals surface area contributed by atoms with Gasteiger partial charge in [0, 0.05) is 12.2 Å². The average molecular weight is 211 g/mol. The predicted molar refractivity (Wildman–Crippen MR) is 59.1 cm³/mol. The van der Waals surface area contributed by atoms with E-state index in [0.29, 0.717) is 17.8 Å². The molecule has 1 aromatic rings. The number of anilines is 1. The van der Waals surface area contributed by atoms with E-state index >= 15 is 0 Å². The van der Waals surface area contributed by atoms with Gasteiger partial charge in [-0.3, -0.25) is 5.84 Å². The number of nitrogens with one attached hydrogen (secondary N) is 2. The van der Waals surface area contributed by atoms with Gasteiger partial charge in [-0.2, -0.15) is 0 Å². The molecule has 84 valence electrons. The SMILES string of the molecule is CNCC(O)C(O)c1cccc(NN)c1. The van der Waals surface area contributed by atoms with Crippen molar-refractivity contribution in [3.8, 4) is 0 Å². The number of hydrazine groups is 1. The molecule has 5 nitrogen and oxygen atoms in total. The van der Waals surface area contributed by atoms with E-state index in [1.165, 1.54) is 0 Å². The molecule has 1 aromatic carbocycles. The van der Waals surface area contributed by atoms with E-state index in [-0.39, 0.29) is 0 Å². The van der Waals surface area contributed by atoms with Gasteiger partial charge in [-0.1, -0.05) is 12.1 Å². The van der Waals surface area contributed by atoms with Crippen molar-refractivity contribution in [1.82, 2.24) is 5.32 Å². The van der Waals surface area contributed by atoms with Gasteiger partial charge >= 0.3 is 0 Å². The van der Waals surface area contributed by atoms with Gasteiger partial charge in [-0.25, -0.2) is 0 Å². The molecular weight excluding hydrogens is 194 g/mol. The van der Waals surface area contributed by atoms with Crippen molar-refractivity contribution in [3.63, 3.8) is 0 Å². The Kier molecular flexibility index (Phi) is 4.51. The molecule has 0 aromatic heterocycles. The lowest BCUT2D eigenvalue weighted by atomic mass is 10.0. The number of hydrogen-bond donors (Lipinski definition) is 5. The second-order valence-corrected chi connectivity index (χ2v) is 3.34. The molecule has 0 saturated heterocycles. The first-order valence-corrected chi connectivity index (χ1v) is 4.76. The van der Waals surface area contributed by atoms with Crippen LogP contribution in [0.15, 0.2) is 24.3 Å². The van der Waals surface area contributed by atoms with Crippen molar-refractivity contribution in [2.24, 2.45) is 5.84 Å². The van der Waals surface area contributed by atoms with Gasteiger partial charge in [0.05, 0.1) is 6.10 Å². The first kappa shape index (κ1) is 11.9. The third-order valence-corrected chi connectivity index (χ3v) is 2.17. The van der Waals surface area contributed by atoms with Crippen LogP contribution in [0, 0.1) is 0 Å². The summed E-state index contributed by atoms with van der Waals surface area (Å²) in [4.78, 5) is 0. The molecule has 0 aliphatic rings. The van der Waals surface area contributed by atoms with Crippen LogP contribution in [-0.2, 0) is 0 Å². The molecule has 0 bridgehead atoms. The molecule has 5 heteroatoms. The Bertz CT molecular complexity index is 306. The lowest BCUT2D eigenvalue weighted by molar-refractivity contribution is 0.0203. The van der Waals surface area contributed by atoms with Crippen molar-refractivity contribution in [1.29, 1.82) is 0 Å². The Labute approximate surface area is 88.9 Å². The lowest BCUT2D eigenvalue weighted by Crippen LogP contribution is -2.29. The molecule has 2 atom stereocenters. The van der Waals surface area contributed by atoms with E-state index in [2.05, 4.69) is 10.7 Å². The van der Waals surface area contributed by atoms with Crippen LogP contribution in [0.3, 0.4) is 0 Å². The summed E-state index contributed by atoms with van der Waals surface area (Å²) in [6, 6.07) is 6.98. The minimum Gasteiger partial charge on any atom is -0.389 e. The number of benzene rings is 1. The third kappa shape index (κ3) is 3.17. The minimum atomic E-state index is -0.911. The van der Waals surface area contributed by atoms with Crippen LogP contribution in [0.5, 0.6) is 0 Å². The summed E-state index contributed by atoms with van der Waals surface area (Å²) in [7, 11) is 1.72. The van der Waals surface area contributed by atoms with Gasteiger partial charge in [-0.05, 0) is 24.7 Å². The summed E-state index contributed by atoms with van der Waals surface area (Å²) in [5.41, 5.74) is 3.81. The highest BCUT2D eigenvalue weighted by molar-refractivity contribution is 5.45. The van der Waals surface area contributed by atoms with Gasteiger partial charge in [0.2, 0.25) is 0 Å². The van der Waals surface area contributed by atoms with Crippen LogP contribution in [0.1, 0.15) is 11.7 Å². The number of nitrogens with two attached hydrogens (primary N) is 1. The summed E-state index contributed by atoms with van der Waals surface area (Å²) in [5, 5.41) is 22.1. The highest BCUT2D eigenvalue weighted by atomic mass is 16.3. The van der Waals surface area contributed by atoms with E-state index < -0.39 is 12.2 Å². The molecule has 0 amide bonds. The molecule has 0 aliphatic heterocycles. The molecule has 0 spiro atoms. The first-order valence-electron chi connectivity index (χ1n) is 4.76. The monoisotopic (exact) mass is 211 g/mol. The largest absolute Gasteiger partial charge is 0.389 e. The fraction of sp³-hybridized carbons (Fsp3) is 0.400. The average Bonchev–Trinajstić information content (AvgIpc) is 2.28. The Morgan fingerprint density at radius 1 is 1.40 bits per heavy atom. The maximum absolute atomic E-state index is 9.78. The molecule has 0 aliphatic carbocycles. The number of rotatable bonds is 5. The van der Waals surface area contributed by atoms with Crippen LogP contribution >= 0.6 is 0 Å². The van der Waals surface area contributed by atoms with Gasteiger partial charge in [0.1, 0.15) is 6.10 Å². The Morgan fingerprint density at radius 2 is 2.13 bits per heavy atom. The number of hydrogen-bond acceptors (Lipinski definition) is 5. The third-order valence-electron chi connectivity index (χ3n) is 2.17. The highest BCUT2D eigenvalue weighted by Crippen LogP contribution is 2.19. The molecular formula is C10H17N3O2. The molecule has 0 fully saturated rings. The summed E-state index contributed by atoms with van der Waals surface area (Å²) < 4.78 is 0. The Hall–Kier alpha value is -1.14. The van der Waals surface area contributed by atoms with Crippen LogP contribution in [0.25, 0.3) is 0 Å². The maximum atomic E-state index is 9.78. The van der Waals surface area contributed by atoms with Gasteiger partial charge < -0.3 is 21.0 Å². The standard InChI is InChI=1S/C10H17N3O2/c1-12-6-9(14)10(15)7-3-2-4-8(5-7)13-11/h2-5,9-10,12-15H,6,11H2,1H3. The fourth-order valence-electron chi connectivity index (χ4n) is 1.36. The topological polar surface area (TPSA) is 90.5 Å². The molecule has 0 saturated carbocycles. The lowest BCUT2D eigenvalue weighted by Gasteiger charge is -2.18. The number of nitrogen functional groups attached to an aromatic ring is 1. The first-order chi connectivity index (χ1) is 7.19. The summed E-state index contributed by atoms with van der Waals surface area (Å²) in [6.45, 7) is 0.335. The Balaban J connectivity index is 2.76.